The van der Waals surface area contributed by atoms with Crippen molar-refractivity contribution in [1.82, 2.24) is 10.3 Å². The molecule has 1 saturated carbocycles. The van der Waals surface area contributed by atoms with E-state index in [0.29, 0.717) is 6.04 Å². The average Bonchev–Trinajstić information content (AvgIpc) is 2.80. The summed E-state index contributed by atoms with van der Waals surface area (Å²) in [6.45, 7) is 4.87. The van der Waals surface area contributed by atoms with E-state index in [9.17, 15) is 4.39 Å². The van der Waals surface area contributed by atoms with Gasteiger partial charge in [0.1, 0.15) is 0 Å². The van der Waals surface area contributed by atoms with Crippen molar-refractivity contribution in [2.45, 2.75) is 32.9 Å². The number of hydrogen-bond donors (Lipinski definition) is 1. The van der Waals surface area contributed by atoms with Gasteiger partial charge >= 0.3 is 0 Å². The molecule has 1 fully saturated rings. The summed E-state index contributed by atoms with van der Waals surface area (Å²) in [5, 5.41) is 3.42. The Bertz CT molecular complexity index is 338. The summed E-state index contributed by atoms with van der Waals surface area (Å²) in [5.41, 5.74) is 1.87. The van der Waals surface area contributed by atoms with Crippen LogP contribution in [0.3, 0.4) is 0 Å². The summed E-state index contributed by atoms with van der Waals surface area (Å²) in [6.07, 6.45) is 1.26. The standard InChI is InChI=1S/C11H15FN2/c1-7-5-10(7)13-6-9-3-4-11(12)14-8(9)2/h3-4,7,10,13H,5-6H2,1-2H3/t7-,10-/m1/s1. The van der Waals surface area contributed by atoms with Crippen LogP contribution < -0.4 is 5.32 Å². The minimum atomic E-state index is -0.397. The molecule has 0 spiro atoms. The molecule has 0 bridgehead atoms. The third-order valence-corrected chi connectivity index (χ3v) is 2.83. The van der Waals surface area contributed by atoms with E-state index < -0.39 is 5.95 Å². The fraction of sp³-hybridized carbons (Fsp3) is 0.545. The highest BCUT2D eigenvalue weighted by molar-refractivity contribution is 5.19. The van der Waals surface area contributed by atoms with Crippen molar-refractivity contribution in [3.8, 4) is 0 Å². The maximum atomic E-state index is 12.7. The molecule has 0 amide bonds. The summed E-state index contributed by atoms with van der Waals surface area (Å²) in [6, 6.07) is 3.87. The normalized spacial score (nSPS) is 25.1. The van der Waals surface area contributed by atoms with Gasteiger partial charge in [-0.15, -0.1) is 0 Å². The van der Waals surface area contributed by atoms with Crippen LogP contribution in [0.5, 0.6) is 0 Å². The number of halogens is 1. The lowest BCUT2D eigenvalue weighted by Gasteiger charge is -2.06. The predicted octanol–water partition coefficient (Wildman–Crippen LogP) is 2.03. The lowest BCUT2D eigenvalue weighted by Crippen LogP contribution is -2.18. The zero-order chi connectivity index (χ0) is 10.1. The van der Waals surface area contributed by atoms with Crippen LogP contribution in [0.4, 0.5) is 4.39 Å². The first-order chi connectivity index (χ1) is 6.66. The van der Waals surface area contributed by atoms with E-state index in [2.05, 4.69) is 17.2 Å². The van der Waals surface area contributed by atoms with E-state index in [1.807, 2.05) is 6.92 Å². The number of aromatic nitrogens is 1. The number of nitrogens with one attached hydrogen (secondary N) is 1. The average molecular weight is 194 g/mol. The monoisotopic (exact) mass is 194 g/mol. The molecule has 0 unspecified atom stereocenters. The lowest BCUT2D eigenvalue weighted by atomic mass is 10.2. The van der Waals surface area contributed by atoms with E-state index in [-0.39, 0.29) is 0 Å². The van der Waals surface area contributed by atoms with Crippen molar-refractivity contribution in [2.24, 2.45) is 5.92 Å². The molecule has 0 radical (unpaired) electrons. The molecule has 0 saturated heterocycles. The van der Waals surface area contributed by atoms with Crippen LogP contribution in [-0.4, -0.2) is 11.0 Å². The van der Waals surface area contributed by atoms with Gasteiger partial charge in [-0.25, -0.2) is 4.98 Å². The Morgan fingerprint density at radius 3 is 2.86 bits per heavy atom. The number of nitrogens with zero attached hydrogens (tertiary/aromatic N) is 1. The molecule has 1 N–H and O–H groups in total. The molecular weight excluding hydrogens is 179 g/mol. The van der Waals surface area contributed by atoms with Crippen molar-refractivity contribution >= 4 is 0 Å². The van der Waals surface area contributed by atoms with Crippen LogP contribution in [0.25, 0.3) is 0 Å². The SMILES string of the molecule is Cc1nc(F)ccc1CN[C@@H]1C[C@H]1C. The van der Waals surface area contributed by atoms with Crippen LogP contribution >= 0.6 is 0 Å². The molecule has 14 heavy (non-hydrogen) atoms. The summed E-state index contributed by atoms with van der Waals surface area (Å²) >= 11 is 0. The second-order valence-electron chi connectivity index (χ2n) is 4.08. The van der Waals surface area contributed by atoms with Crippen molar-refractivity contribution in [2.75, 3.05) is 0 Å². The highest BCUT2D eigenvalue weighted by Crippen LogP contribution is 2.29. The van der Waals surface area contributed by atoms with Gasteiger partial charge in [-0.2, -0.15) is 4.39 Å². The molecular formula is C11H15FN2. The second-order valence-corrected chi connectivity index (χ2v) is 4.08. The highest BCUT2D eigenvalue weighted by atomic mass is 19.1. The summed E-state index contributed by atoms with van der Waals surface area (Å²) in [5.74, 6) is 0.398. The van der Waals surface area contributed by atoms with Gasteiger partial charge in [0.2, 0.25) is 5.95 Å². The van der Waals surface area contributed by atoms with E-state index >= 15 is 0 Å². The third-order valence-electron chi connectivity index (χ3n) is 2.83. The Labute approximate surface area is 83.6 Å². The second kappa shape index (κ2) is 3.65. The minimum absolute atomic E-state index is 0.397. The maximum absolute atomic E-state index is 12.7. The number of aryl methyl sites for hydroxylation is 1. The van der Waals surface area contributed by atoms with Crippen molar-refractivity contribution in [3.63, 3.8) is 0 Å². The molecule has 1 aromatic rings. The topological polar surface area (TPSA) is 24.9 Å². The van der Waals surface area contributed by atoms with E-state index in [4.69, 9.17) is 0 Å². The smallest absolute Gasteiger partial charge is 0.213 e. The summed E-state index contributed by atoms with van der Waals surface area (Å²) in [4.78, 5) is 3.78. The molecule has 2 rings (SSSR count). The molecule has 76 valence electrons. The number of pyridine rings is 1. The van der Waals surface area contributed by atoms with E-state index in [0.717, 1.165) is 23.7 Å². The maximum Gasteiger partial charge on any atom is 0.213 e. The van der Waals surface area contributed by atoms with Gasteiger partial charge in [-0.05, 0) is 30.9 Å². The molecule has 1 aromatic heterocycles. The highest BCUT2D eigenvalue weighted by Gasteiger charge is 2.31. The Hall–Kier alpha value is -0.960. The van der Waals surface area contributed by atoms with Crippen molar-refractivity contribution in [3.05, 3.63) is 29.3 Å². The molecule has 3 heteroatoms. The van der Waals surface area contributed by atoms with Gasteiger partial charge in [0, 0.05) is 18.3 Å². The Morgan fingerprint density at radius 2 is 2.29 bits per heavy atom. The van der Waals surface area contributed by atoms with Gasteiger partial charge < -0.3 is 5.32 Å². The lowest BCUT2D eigenvalue weighted by molar-refractivity contribution is 0.574. The van der Waals surface area contributed by atoms with Crippen molar-refractivity contribution < 1.29 is 4.39 Å². The van der Waals surface area contributed by atoms with E-state index in [1.165, 1.54) is 12.5 Å². The van der Waals surface area contributed by atoms with Gasteiger partial charge in [0.25, 0.3) is 0 Å². The first kappa shape index (κ1) is 9.59. The quantitative estimate of drug-likeness (QED) is 0.745. The molecule has 2 atom stereocenters. The number of hydrogen-bond acceptors (Lipinski definition) is 2. The van der Waals surface area contributed by atoms with Crippen molar-refractivity contribution in [1.29, 1.82) is 0 Å². The first-order valence-corrected chi connectivity index (χ1v) is 5.02. The summed E-state index contributed by atoms with van der Waals surface area (Å²) in [7, 11) is 0. The fourth-order valence-corrected chi connectivity index (χ4v) is 1.59. The van der Waals surface area contributed by atoms with Crippen LogP contribution in [0, 0.1) is 18.8 Å². The Morgan fingerprint density at radius 1 is 1.57 bits per heavy atom. The molecule has 0 aliphatic heterocycles. The molecule has 1 aliphatic carbocycles. The minimum Gasteiger partial charge on any atom is -0.310 e. The predicted molar refractivity (Wildman–Crippen MR) is 53.3 cm³/mol. The van der Waals surface area contributed by atoms with Crippen LogP contribution in [0.1, 0.15) is 24.6 Å². The number of rotatable bonds is 3. The van der Waals surface area contributed by atoms with E-state index in [1.54, 1.807) is 6.07 Å². The third kappa shape index (κ3) is 2.10. The Kier molecular flexibility index (Phi) is 2.50. The summed E-state index contributed by atoms with van der Waals surface area (Å²) < 4.78 is 12.7. The van der Waals surface area contributed by atoms with Crippen LogP contribution in [-0.2, 0) is 6.54 Å². The van der Waals surface area contributed by atoms with Crippen LogP contribution in [0.15, 0.2) is 12.1 Å². The van der Waals surface area contributed by atoms with Gasteiger partial charge in [-0.3, -0.25) is 0 Å². The molecule has 2 nitrogen and oxygen atoms in total. The molecule has 1 aliphatic rings. The van der Waals surface area contributed by atoms with Gasteiger partial charge in [0.05, 0.1) is 0 Å². The molecule has 1 heterocycles. The zero-order valence-electron chi connectivity index (χ0n) is 8.55. The first-order valence-electron chi connectivity index (χ1n) is 5.02. The fourth-order valence-electron chi connectivity index (χ4n) is 1.59. The van der Waals surface area contributed by atoms with Gasteiger partial charge in [-0.1, -0.05) is 13.0 Å². The zero-order valence-corrected chi connectivity index (χ0v) is 8.55. The van der Waals surface area contributed by atoms with Crippen LogP contribution in [0.2, 0.25) is 0 Å². The van der Waals surface area contributed by atoms with Gasteiger partial charge in [0.15, 0.2) is 0 Å². The molecule has 0 aromatic carbocycles. The largest absolute Gasteiger partial charge is 0.310 e. The Balaban J connectivity index is 1.95.